The second-order valence-corrected chi connectivity index (χ2v) is 7.10. The molecule has 1 aliphatic heterocycles. The molecule has 0 aliphatic carbocycles. The fourth-order valence-corrected chi connectivity index (χ4v) is 4.00. The van der Waals surface area contributed by atoms with E-state index in [0.717, 1.165) is 26.2 Å². The summed E-state index contributed by atoms with van der Waals surface area (Å²) in [7, 11) is 0. The zero-order valence-corrected chi connectivity index (χ0v) is 14.4. The first-order valence-electron chi connectivity index (χ1n) is 8.37. The van der Waals surface area contributed by atoms with Gasteiger partial charge in [0.15, 0.2) is 5.13 Å². The van der Waals surface area contributed by atoms with Crippen molar-refractivity contribution >= 4 is 16.5 Å². The molecule has 0 radical (unpaired) electrons. The number of anilines is 1. The minimum atomic E-state index is 0.825. The Morgan fingerprint density at radius 3 is 2.83 bits per heavy atom. The van der Waals surface area contributed by atoms with Crippen LogP contribution in [0.2, 0.25) is 0 Å². The van der Waals surface area contributed by atoms with Crippen molar-refractivity contribution in [1.29, 1.82) is 0 Å². The molecule has 1 fully saturated rings. The number of imidazole rings is 1. The second kappa shape index (κ2) is 7.15. The summed E-state index contributed by atoms with van der Waals surface area (Å²) >= 11 is 1.80. The Hall–Kier alpha value is -2.18. The lowest BCUT2D eigenvalue weighted by atomic mass is 10.1. The summed E-state index contributed by atoms with van der Waals surface area (Å²) in [5, 5.41) is 4.71. The van der Waals surface area contributed by atoms with Crippen molar-refractivity contribution in [2.45, 2.75) is 25.9 Å². The summed E-state index contributed by atoms with van der Waals surface area (Å²) in [4.78, 5) is 12.4. The molecule has 0 spiro atoms. The highest BCUT2D eigenvalue weighted by Gasteiger charge is 2.15. The van der Waals surface area contributed by atoms with Gasteiger partial charge in [-0.1, -0.05) is 18.2 Å². The number of benzene rings is 1. The summed E-state index contributed by atoms with van der Waals surface area (Å²) in [6, 6.07) is 8.42. The molecule has 4 rings (SSSR count). The first kappa shape index (κ1) is 15.4. The summed E-state index contributed by atoms with van der Waals surface area (Å²) in [5.74, 6) is 0. The minimum absolute atomic E-state index is 0.825. The van der Waals surface area contributed by atoms with E-state index >= 15 is 0 Å². The lowest BCUT2D eigenvalue weighted by Gasteiger charge is -2.12. The Bertz CT molecular complexity index is 774. The number of para-hydroxylation sites is 1. The number of nitrogens with one attached hydrogen (secondary N) is 1. The molecule has 6 heteroatoms. The average Bonchev–Trinajstić information content (AvgIpc) is 3.37. The smallest absolute Gasteiger partial charge is 0.185 e. The zero-order chi connectivity index (χ0) is 16.2. The highest BCUT2D eigenvalue weighted by Crippen LogP contribution is 2.25. The molecule has 1 aliphatic rings. The van der Waals surface area contributed by atoms with Crippen LogP contribution in [-0.2, 0) is 13.1 Å². The molecule has 1 aromatic carbocycles. The molecule has 124 valence electrons. The van der Waals surface area contributed by atoms with Gasteiger partial charge in [0.1, 0.15) is 0 Å². The summed E-state index contributed by atoms with van der Waals surface area (Å²) < 4.78 is 2.05. The maximum atomic E-state index is 4.57. The number of nitrogens with zero attached hydrogens (tertiary/aromatic N) is 4. The quantitative estimate of drug-likeness (QED) is 0.749. The van der Waals surface area contributed by atoms with E-state index in [1.165, 1.54) is 34.1 Å². The van der Waals surface area contributed by atoms with Crippen LogP contribution < -0.4 is 10.2 Å². The summed E-state index contributed by atoms with van der Waals surface area (Å²) in [6.45, 7) is 3.98. The van der Waals surface area contributed by atoms with Gasteiger partial charge < -0.3 is 14.8 Å². The molecule has 0 saturated carbocycles. The average molecular weight is 339 g/mol. The lowest BCUT2D eigenvalue weighted by Crippen LogP contribution is -2.16. The third-order valence-electron chi connectivity index (χ3n) is 4.31. The molecule has 0 atom stereocenters. The van der Waals surface area contributed by atoms with Gasteiger partial charge in [-0.25, -0.2) is 9.97 Å². The molecule has 2 aromatic heterocycles. The molecule has 0 bridgehead atoms. The van der Waals surface area contributed by atoms with Crippen LogP contribution in [0, 0.1) is 0 Å². The van der Waals surface area contributed by atoms with Crippen molar-refractivity contribution in [2.24, 2.45) is 0 Å². The highest BCUT2D eigenvalue weighted by molar-refractivity contribution is 7.15. The lowest BCUT2D eigenvalue weighted by molar-refractivity contribution is 0.696. The van der Waals surface area contributed by atoms with Crippen molar-refractivity contribution in [3.05, 3.63) is 59.6 Å². The maximum Gasteiger partial charge on any atom is 0.185 e. The molecule has 1 N–H and O–H groups in total. The maximum absolute atomic E-state index is 4.57. The topological polar surface area (TPSA) is 46.0 Å². The highest BCUT2D eigenvalue weighted by atomic mass is 32.1. The van der Waals surface area contributed by atoms with Crippen molar-refractivity contribution < 1.29 is 0 Å². The third-order valence-corrected chi connectivity index (χ3v) is 5.36. The van der Waals surface area contributed by atoms with E-state index in [1.807, 2.05) is 18.7 Å². The Labute approximate surface area is 146 Å². The van der Waals surface area contributed by atoms with Crippen molar-refractivity contribution in [2.75, 3.05) is 18.0 Å². The van der Waals surface area contributed by atoms with Crippen LogP contribution in [0.3, 0.4) is 0 Å². The predicted octanol–water partition coefficient (Wildman–Crippen LogP) is 3.22. The van der Waals surface area contributed by atoms with Crippen molar-refractivity contribution in [1.82, 2.24) is 19.9 Å². The van der Waals surface area contributed by atoms with E-state index in [1.54, 1.807) is 17.5 Å². The van der Waals surface area contributed by atoms with E-state index in [-0.39, 0.29) is 0 Å². The molecule has 24 heavy (non-hydrogen) atoms. The van der Waals surface area contributed by atoms with Gasteiger partial charge in [-0.3, -0.25) is 0 Å². The molecular weight excluding hydrogens is 318 g/mol. The van der Waals surface area contributed by atoms with E-state index in [2.05, 4.69) is 49.0 Å². The summed E-state index contributed by atoms with van der Waals surface area (Å²) in [5.41, 5.74) is 2.43. The Morgan fingerprint density at radius 2 is 2.00 bits per heavy atom. The molecule has 0 unspecified atom stereocenters. The first-order chi connectivity index (χ1) is 11.9. The predicted molar refractivity (Wildman–Crippen MR) is 97.7 cm³/mol. The standard InChI is InChI=1S/C18H21N5S/c1-2-6-17(23-10-7-19-14-23)15(5-1)11-20-12-16-13-21-18(24-16)22-8-3-4-9-22/h1-2,5-7,10,13-14,20H,3-4,8-9,11-12H2. The Morgan fingerprint density at radius 1 is 1.12 bits per heavy atom. The van der Waals surface area contributed by atoms with Gasteiger partial charge in [0.2, 0.25) is 0 Å². The SMILES string of the molecule is c1ccc(-n2ccnc2)c(CNCc2cnc(N3CCCC3)s2)c1. The van der Waals surface area contributed by atoms with Crippen LogP contribution in [0.15, 0.2) is 49.2 Å². The van der Waals surface area contributed by atoms with Gasteiger partial charge >= 0.3 is 0 Å². The first-order valence-corrected chi connectivity index (χ1v) is 9.18. The molecule has 1 saturated heterocycles. The van der Waals surface area contributed by atoms with Gasteiger partial charge in [0, 0.05) is 49.6 Å². The molecular formula is C18H21N5S. The fraction of sp³-hybridized carbons (Fsp3) is 0.333. The number of hydrogen-bond acceptors (Lipinski definition) is 5. The van der Waals surface area contributed by atoms with E-state index in [9.17, 15) is 0 Å². The second-order valence-electron chi connectivity index (χ2n) is 6.01. The zero-order valence-electron chi connectivity index (χ0n) is 13.6. The Balaban J connectivity index is 1.38. The van der Waals surface area contributed by atoms with Crippen LogP contribution in [0.25, 0.3) is 5.69 Å². The minimum Gasteiger partial charge on any atom is -0.348 e. The van der Waals surface area contributed by atoms with Crippen molar-refractivity contribution in [3.63, 3.8) is 0 Å². The summed E-state index contributed by atoms with van der Waals surface area (Å²) in [6.07, 6.45) is 10.2. The van der Waals surface area contributed by atoms with Crippen LogP contribution in [0.1, 0.15) is 23.3 Å². The van der Waals surface area contributed by atoms with E-state index in [4.69, 9.17) is 0 Å². The normalized spacial score (nSPS) is 14.4. The van der Waals surface area contributed by atoms with Gasteiger partial charge in [0.25, 0.3) is 0 Å². The molecule has 3 heterocycles. The van der Waals surface area contributed by atoms with E-state index in [0.29, 0.717) is 0 Å². The number of aromatic nitrogens is 3. The fourth-order valence-electron chi connectivity index (χ4n) is 3.07. The number of hydrogen-bond donors (Lipinski definition) is 1. The molecule has 0 amide bonds. The largest absolute Gasteiger partial charge is 0.348 e. The van der Waals surface area contributed by atoms with Gasteiger partial charge in [0.05, 0.1) is 12.0 Å². The van der Waals surface area contributed by atoms with Crippen LogP contribution >= 0.6 is 11.3 Å². The van der Waals surface area contributed by atoms with Gasteiger partial charge in [-0.05, 0) is 24.5 Å². The number of rotatable bonds is 6. The van der Waals surface area contributed by atoms with E-state index < -0.39 is 0 Å². The van der Waals surface area contributed by atoms with Crippen LogP contribution in [0.5, 0.6) is 0 Å². The molecule has 5 nitrogen and oxygen atoms in total. The Kier molecular flexibility index (Phi) is 4.57. The number of thiazole rings is 1. The van der Waals surface area contributed by atoms with Crippen LogP contribution in [-0.4, -0.2) is 27.6 Å². The molecule has 3 aromatic rings. The van der Waals surface area contributed by atoms with Crippen LogP contribution in [0.4, 0.5) is 5.13 Å². The van der Waals surface area contributed by atoms with Gasteiger partial charge in [-0.15, -0.1) is 11.3 Å². The van der Waals surface area contributed by atoms with Gasteiger partial charge in [-0.2, -0.15) is 0 Å². The third kappa shape index (κ3) is 3.34. The monoisotopic (exact) mass is 339 g/mol. The van der Waals surface area contributed by atoms with Crippen molar-refractivity contribution in [3.8, 4) is 5.69 Å².